The highest BCUT2D eigenvalue weighted by atomic mass is 32.2. The predicted molar refractivity (Wildman–Crippen MR) is 127 cm³/mol. The number of hydrogen-bond donors (Lipinski definition) is 1. The Balaban J connectivity index is 1.63. The number of ether oxygens (including phenoxy) is 1. The van der Waals surface area contributed by atoms with E-state index in [9.17, 15) is 13.2 Å². The zero-order valence-electron chi connectivity index (χ0n) is 20.0. The summed E-state index contributed by atoms with van der Waals surface area (Å²) in [5, 5.41) is 0. The van der Waals surface area contributed by atoms with Crippen LogP contribution in [0.4, 0.5) is 5.69 Å². The van der Waals surface area contributed by atoms with Crippen molar-refractivity contribution in [2.75, 3.05) is 45.2 Å². The fraction of sp³-hybridized carbons (Fsp3) is 0.542. The number of anilines is 1. The molecule has 1 fully saturated rings. The number of likely N-dealkylation sites (N-methyl/N-ethyl adjacent to an activating group) is 1. The van der Waals surface area contributed by atoms with Gasteiger partial charge in [-0.25, -0.2) is 17.9 Å². The summed E-state index contributed by atoms with van der Waals surface area (Å²) < 4.78 is 39.9. The molecule has 0 unspecified atom stereocenters. The smallest absolute Gasteiger partial charge is 0.342 e. The van der Waals surface area contributed by atoms with Crippen LogP contribution < -0.4 is 9.62 Å². The molecule has 1 aliphatic carbocycles. The van der Waals surface area contributed by atoms with E-state index in [1.54, 1.807) is 13.8 Å². The maximum Gasteiger partial charge on any atom is 0.342 e. The number of hydrogen-bond acceptors (Lipinski definition) is 7. The largest absolute Gasteiger partial charge is 0.465 e. The molecule has 2 aliphatic rings. The lowest BCUT2D eigenvalue weighted by Crippen LogP contribution is -2.45. The van der Waals surface area contributed by atoms with Crippen LogP contribution in [0.2, 0.25) is 0 Å². The molecule has 8 nitrogen and oxygen atoms in total. The standard InChI is InChI=1S/C24H33N3O5S/c1-15-6-9-21(27-12-10-26(4)11-13-27)20-14-18(7-8-19(15)20)25-33(29,30)23-17(3)32-16(2)22(23)24(28)31-5/h6,9,18,25H,7-8,10-14H2,1-5H3/t18-/m0/s1. The fourth-order valence-electron chi connectivity index (χ4n) is 5.09. The first kappa shape index (κ1) is 23.8. The molecule has 2 aromatic rings. The molecule has 1 aromatic carbocycles. The minimum Gasteiger partial charge on any atom is -0.465 e. The summed E-state index contributed by atoms with van der Waals surface area (Å²) >= 11 is 0. The van der Waals surface area contributed by atoms with Gasteiger partial charge in [0.25, 0.3) is 0 Å². The van der Waals surface area contributed by atoms with Gasteiger partial charge < -0.3 is 19.0 Å². The monoisotopic (exact) mass is 475 g/mol. The first-order valence-electron chi connectivity index (χ1n) is 11.4. The Hall–Kier alpha value is -2.36. The van der Waals surface area contributed by atoms with Gasteiger partial charge in [-0.1, -0.05) is 6.07 Å². The third-order valence-electron chi connectivity index (χ3n) is 6.86. The van der Waals surface area contributed by atoms with Gasteiger partial charge in [-0.3, -0.25) is 0 Å². The number of aryl methyl sites for hydroxylation is 3. The summed E-state index contributed by atoms with van der Waals surface area (Å²) in [6.45, 7) is 9.18. The summed E-state index contributed by atoms with van der Waals surface area (Å²) in [7, 11) is -0.614. The van der Waals surface area contributed by atoms with Crippen molar-refractivity contribution in [1.29, 1.82) is 0 Å². The molecule has 2 heterocycles. The summed E-state index contributed by atoms with van der Waals surface area (Å²) in [5.74, 6) is -0.293. The Bertz CT molecular complexity index is 1160. The van der Waals surface area contributed by atoms with E-state index in [0.29, 0.717) is 12.8 Å². The first-order chi connectivity index (χ1) is 15.6. The van der Waals surface area contributed by atoms with Gasteiger partial charge in [-0.15, -0.1) is 0 Å². The second-order valence-corrected chi connectivity index (χ2v) is 10.8. The van der Waals surface area contributed by atoms with Crippen LogP contribution in [0.25, 0.3) is 0 Å². The SMILES string of the molecule is COC(=O)c1c(C)oc(C)c1S(=O)(=O)N[C@H]1CCc2c(C)ccc(N3CCN(C)CC3)c2C1. The Kier molecular flexibility index (Phi) is 6.57. The van der Waals surface area contributed by atoms with Crippen LogP contribution in [0.1, 0.15) is 45.0 Å². The molecule has 0 saturated carbocycles. The quantitative estimate of drug-likeness (QED) is 0.665. The number of nitrogens with one attached hydrogen (secondary N) is 1. The van der Waals surface area contributed by atoms with Crippen molar-refractivity contribution >= 4 is 21.7 Å². The maximum atomic E-state index is 13.4. The molecule has 1 saturated heterocycles. The van der Waals surface area contributed by atoms with E-state index in [1.807, 2.05) is 0 Å². The summed E-state index contributed by atoms with van der Waals surface area (Å²) in [6, 6.07) is 4.09. The van der Waals surface area contributed by atoms with Crippen molar-refractivity contribution in [2.45, 2.75) is 51.0 Å². The lowest BCUT2D eigenvalue weighted by Gasteiger charge is -2.37. The summed E-state index contributed by atoms with van der Waals surface area (Å²) in [4.78, 5) is 16.9. The summed E-state index contributed by atoms with van der Waals surface area (Å²) in [6.07, 6.45) is 2.12. The molecule has 0 radical (unpaired) electrons. The number of carbonyl (C=O) groups is 1. The van der Waals surface area contributed by atoms with Crippen molar-refractivity contribution in [2.24, 2.45) is 0 Å². The van der Waals surface area contributed by atoms with Crippen LogP contribution in [0, 0.1) is 20.8 Å². The molecule has 0 spiro atoms. The second-order valence-electron chi connectivity index (χ2n) is 9.12. The number of piperazine rings is 1. The summed E-state index contributed by atoms with van der Waals surface area (Å²) in [5.41, 5.74) is 4.98. The third kappa shape index (κ3) is 4.54. The van der Waals surface area contributed by atoms with E-state index in [0.717, 1.165) is 32.6 Å². The van der Waals surface area contributed by atoms with Crippen LogP contribution in [0.5, 0.6) is 0 Å². The average molecular weight is 476 g/mol. The molecule has 1 aromatic heterocycles. The minimum atomic E-state index is -3.98. The Morgan fingerprint density at radius 3 is 2.45 bits per heavy atom. The van der Waals surface area contributed by atoms with Crippen molar-refractivity contribution in [3.8, 4) is 0 Å². The maximum absolute atomic E-state index is 13.4. The third-order valence-corrected chi connectivity index (χ3v) is 8.54. The molecular weight excluding hydrogens is 442 g/mol. The molecular formula is C24H33N3O5S. The van der Waals surface area contributed by atoms with Gasteiger partial charge in [0.05, 0.1) is 7.11 Å². The van der Waals surface area contributed by atoms with Gasteiger partial charge in [0.15, 0.2) is 0 Å². The zero-order chi connectivity index (χ0) is 23.9. The Labute approximate surface area is 195 Å². The van der Waals surface area contributed by atoms with Crippen LogP contribution in [-0.4, -0.2) is 65.7 Å². The number of sulfonamides is 1. The highest BCUT2D eigenvalue weighted by molar-refractivity contribution is 7.89. The number of esters is 1. The fourth-order valence-corrected chi connectivity index (χ4v) is 6.76. The molecule has 33 heavy (non-hydrogen) atoms. The molecule has 180 valence electrons. The van der Waals surface area contributed by atoms with E-state index in [4.69, 9.17) is 9.15 Å². The number of furan rings is 1. The molecule has 9 heteroatoms. The first-order valence-corrected chi connectivity index (χ1v) is 12.9. The molecule has 1 atom stereocenters. The minimum absolute atomic E-state index is 0.0346. The van der Waals surface area contributed by atoms with E-state index >= 15 is 0 Å². The number of fused-ring (bicyclic) bond motifs is 1. The van der Waals surface area contributed by atoms with Crippen LogP contribution >= 0.6 is 0 Å². The lowest BCUT2D eigenvalue weighted by molar-refractivity contribution is 0.0594. The van der Waals surface area contributed by atoms with Gasteiger partial charge in [-0.05, 0) is 69.8 Å². The van der Waals surface area contributed by atoms with Crippen molar-refractivity contribution < 1.29 is 22.4 Å². The van der Waals surface area contributed by atoms with Crippen LogP contribution in [-0.2, 0) is 27.6 Å². The van der Waals surface area contributed by atoms with Gasteiger partial charge in [0.1, 0.15) is 22.0 Å². The van der Waals surface area contributed by atoms with E-state index in [-0.39, 0.29) is 28.0 Å². The normalized spacial score (nSPS) is 19.4. The second kappa shape index (κ2) is 9.12. The topological polar surface area (TPSA) is 92.1 Å². The number of rotatable bonds is 5. The lowest BCUT2D eigenvalue weighted by atomic mass is 9.84. The Morgan fingerprint density at radius 1 is 1.09 bits per heavy atom. The van der Waals surface area contributed by atoms with Gasteiger partial charge in [0, 0.05) is 37.9 Å². The van der Waals surface area contributed by atoms with Crippen molar-refractivity contribution in [3.63, 3.8) is 0 Å². The molecule has 0 amide bonds. The number of methoxy groups -OCH3 is 1. The molecule has 0 bridgehead atoms. The van der Waals surface area contributed by atoms with E-state index in [2.05, 4.69) is 40.6 Å². The van der Waals surface area contributed by atoms with Gasteiger partial charge >= 0.3 is 5.97 Å². The highest BCUT2D eigenvalue weighted by Crippen LogP contribution is 2.34. The average Bonchev–Trinajstić information content (AvgIpc) is 3.08. The van der Waals surface area contributed by atoms with Crippen molar-refractivity contribution in [3.05, 3.63) is 45.9 Å². The highest BCUT2D eigenvalue weighted by Gasteiger charge is 2.34. The van der Waals surface area contributed by atoms with Crippen LogP contribution in [0.3, 0.4) is 0 Å². The number of carbonyl (C=O) groups excluding carboxylic acids is 1. The van der Waals surface area contributed by atoms with Gasteiger partial charge in [-0.2, -0.15) is 0 Å². The number of benzene rings is 1. The zero-order valence-corrected chi connectivity index (χ0v) is 20.8. The van der Waals surface area contributed by atoms with Gasteiger partial charge in [0.2, 0.25) is 10.0 Å². The number of nitrogens with zero attached hydrogens (tertiary/aromatic N) is 2. The van der Waals surface area contributed by atoms with Crippen LogP contribution in [0.15, 0.2) is 21.4 Å². The molecule has 1 aliphatic heterocycles. The van der Waals surface area contributed by atoms with Crippen molar-refractivity contribution in [1.82, 2.24) is 9.62 Å². The van der Waals surface area contributed by atoms with E-state index < -0.39 is 16.0 Å². The molecule has 1 N–H and O–H groups in total. The van der Waals surface area contributed by atoms with E-state index in [1.165, 1.54) is 29.5 Å². The predicted octanol–water partition coefficient (Wildman–Crippen LogP) is 2.58. The Morgan fingerprint density at radius 2 is 1.79 bits per heavy atom. The molecule has 4 rings (SSSR count).